The second kappa shape index (κ2) is 29.0. The van der Waals surface area contributed by atoms with Gasteiger partial charge < -0.3 is 49.9 Å². The molecule has 0 heterocycles. The highest BCUT2D eigenvalue weighted by atomic mass is 35.5. The van der Waals surface area contributed by atoms with Crippen LogP contribution in [0.5, 0.6) is 0 Å². The molecule has 51 heavy (non-hydrogen) atoms. The Bertz CT molecular complexity index is 1100. The van der Waals surface area contributed by atoms with Crippen LogP contribution in [0.4, 0.5) is 0 Å². The molecular formula is C34H66ClN11O5. The second-order valence-corrected chi connectivity index (χ2v) is 13.4. The van der Waals surface area contributed by atoms with Crippen molar-refractivity contribution < 1.29 is 24.0 Å². The summed E-state index contributed by atoms with van der Waals surface area (Å²) in [6.45, 7) is 6.58. The molecule has 0 fully saturated rings. The summed E-state index contributed by atoms with van der Waals surface area (Å²) in [6.07, 6.45) is 10.3. The zero-order chi connectivity index (χ0) is 38.6. The van der Waals surface area contributed by atoms with Gasteiger partial charge in [0.2, 0.25) is 23.6 Å². The Morgan fingerprint density at radius 1 is 0.608 bits per heavy atom. The number of guanidine groups is 2. The maximum atomic E-state index is 13.7. The Labute approximate surface area is 309 Å². The molecule has 0 aliphatic heterocycles. The van der Waals surface area contributed by atoms with Crippen LogP contribution in [0.1, 0.15) is 117 Å². The van der Waals surface area contributed by atoms with Crippen LogP contribution in [0, 0.1) is 5.92 Å². The molecule has 0 aliphatic rings. The number of carbonyl (C=O) groups is 5. The number of nitrogens with zero attached hydrogens (tertiary/aromatic N) is 2. The highest BCUT2D eigenvalue weighted by molar-refractivity contribution is 6.28. The number of halogens is 1. The largest absolute Gasteiger partial charge is 0.370 e. The van der Waals surface area contributed by atoms with Crippen molar-refractivity contribution in [3.63, 3.8) is 0 Å². The predicted octanol–water partition coefficient (Wildman–Crippen LogP) is 0.766. The third-order valence-corrected chi connectivity index (χ3v) is 8.48. The van der Waals surface area contributed by atoms with Gasteiger partial charge in [-0.25, -0.2) is 0 Å². The first-order valence-electron chi connectivity index (χ1n) is 18.4. The fourth-order valence-electron chi connectivity index (χ4n) is 5.28. The SMILES string of the molecule is CCCCCCCCCC(=O)NC(CCCN=C(N)N)C(=O)NC(C(=O)NC(CCCCN)C(=O)NC(CCCN=C(N)N)C(=O)CCl)C(C)C. The van der Waals surface area contributed by atoms with E-state index in [1.807, 2.05) is 0 Å². The number of nitrogens with two attached hydrogens (primary N) is 5. The summed E-state index contributed by atoms with van der Waals surface area (Å²) in [4.78, 5) is 74.0. The fraction of sp³-hybridized carbons (Fsp3) is 0.794. The van der Waals surface area contributed by atoms with Crippen molar-refractivity contribution in [3.8, 4) is 0 Å². The van der Waals surface area contributed by atoms with E-state index in [0.29, 0.717) is 38.6 Å². The number of unbranched alkanes of at least 4 members (excludes halogenated alkanes) is 7. The van der Waals surface area contributed by atoms with Gasteiger partial charge in [-0.1, -0.05) is 59.3 Å². The Morgan fingerprint density at radius 3 is 1.63 bits per heavy atom. The molecule has 0 aromatic heterocycles. The summed E-state index contributed by atoms with van der Waals surface area (Å²) in [5, 5.41) is 11.1. The minimum absolute atomic E-state index is 0.0788. The Balaban J connectivity index is 5.77. The average molecular weight is 744 g/mol. The van der Waals surface area contributed by atoms with Crippen LogP contribution >= 0.6 is 11.6 Å². The number of alkyl halides is 1. The molecule has 0 saturated carbocycles. The lowest BCUT2D eigenvalue weighted by molar-refractivity contribution is -0.135. The topological polar surface area (TPSA) is 288 Å². The molecule has 17 heteroatoms. The van der Waals surface area contributed by atoms with E-state index in [0.717, 1.165) is 19.3 Å². The lowest BCUT2D eigenvalue weighted by Gasteiger charge is -2.28. The third-order valence-electron chi connectivity index (χ3n) is 8.21. The standard InChI is InChI=1S/C34H66ClN11O5/c1-4-5-6-7-8-9-10-18-28(48)43-25(17-14-21-42-34(39)40)31(50)46-29(23(2)3)32(51)45-26(15-11-12-19-36)30(49)44-24(27(47)22-35)16-13-20-41-33(37)38/h23-26,29H,4-22,36H2,1-3H3,(H,43,48)(H,44,49)(H,45,51)(H,46,50)(H4,37,38,41)(H4,39,40,42). The summed E-state index contributed by atoms with van der Waals surface area (Å²) in [7, 11) is 0. The number of nitrogens with one attached hydrogen (secondary N) is 4. The molecule has 0 radical (unpaired) electrons. The van der Waals surface area contributed by atoms with Gasteiger partial charge in [0, 0.05) is 19.5 Å². The van der Waals surface area contributed by atoms with E-state index in [1.165, 1.54) is 19.3 Å². The average Bonchev–Trinajstić information content (AvgIpc) is 3.07. The van der Waals surface area contributed by atoms with Crippen molar-refractivity contribution in [3.05, 3.63) is 0 Å². The summed E-state index contributed by atoms with van der Waals surface area (Å²) < 4.78 is 0. The van der Waals surface area contributed by atoms with Crippen LogP contribution in [-0.2, 0) is 24.0 Å². The first kappa shape index (κ1) is 47.3. The Hall–Kier alpha value is -3.66. The van der Waals surface area contributed by atoms with Crippen LogP contribution in [0.15, 0.2) is 9.98 Å². The molecule has 0 spiro atoms. The minimum Gasteiger partial charge on any atom is -0.370 e. The quantitative estimate of drug-likeness (QED) is 0.0215. The Morgan fingerprint density at radius 2 is 1.10 bits per heavy atom. The third kappa shape index (κ3) is 23.4. The second-order valence-electron chi connectivity index (χ2n) is 13.1. The predicted molar refractivity (Wildman–Crippen MR) is 204 cm³/mol. The van der Waals surface area contributed by atoms with Crippen LogP contribution in [0.3, 0.4) is 0 Å². The van der Waals surface area contributed by atoms with Crippen LogP contribution in [-0.4, -0.2) is 91.0 Å². The number of amides is 4. The normalized spacial score (nSPS) is 13.3. The first-order chi connectivity index (χ1) is 24.3. The van der Waals surface area contributed by atoms with Crippen molar-refractivity contribution in [2.45, 2.75) is 141 Å². The maximum Gasteiger partial charge on any atom is 0.243 e. The van der Waals surface area contributed by atoms with Crippen molar-refractivity contribution in [1.82, 2.24) is 21.3 Å². The van der Waals surface area contributed by atoms with Gasteiger partial charge in [0.05, 0.1) is 11.9 Å². The molecule has 4 amide bonds. The van der Waals surface area contributed by atoms with Crippen LogP contribution < -0.4 is 49.9 Å². The van der Waals surface area contributed by atoms with Gasteiger partial charge >= 0.3 is 0 Å². The molecule has 0 saturated heterocycles. The molecule has 14 N–H and O–H groups in total. The number of Topliss-reactive ketones (excluding diaryl/α,β-unsaturated/α-hetero) is 1. The van der Waals surface area contributed by atoms with Crippen molar-refractivity contribution >= 4 is 52.9 Å². The van der Waals surface area contributed by atoms with Crippen molar-refractivity contribution in [2.75, 3.05) is 25.5 Å². The summed E-state index contributed by atoms with van der Waals surface area (Å²) >= 11 is 5.81. The zero-order valence-corrected chi connectivity index (χ0v) is 31.8. The lowest BCUT2D eigenvalue weighted by Crippen LogP contribution is -2.59. The summed E-state index contributed by atoms with van der Waals surface area (Å²) in [5.74, 6) is -3.22. The van der Waals surface area contributed by atoms with Gasteiger partial charge in [-0.05, 0) is 63.8 Å². The lowest BCUT2D eigenvalue weighted by atomic mass is 10.00. The van der Waals surface area contributed by atoms with Crippen molar-refractivity contribution in [1.29, 1.82) is 0 Å². The summed E-state index contributed by atoms with van der Waals surface area (Å²) in [5.41, 5.74) is 27.3. The fourth-order valence-corrected chi connectivity index (χ4v) is 5.46. The number of ketones is 1. The van der Waals surface area contributed by atoms with E-state index in [2.05, 4.69) is 38.2 Å². The van der Waals surface area contributed by atoms with E-state index >= 15 is 0 Å². The molecular weight excluding hydrogens is 678 g/mol. The number of hydrogen-bond acceptors (Lipinski definition) is 8. The highest BCUT2D eigenvalue weighted by Crippen LogP contribution is 2.11. The number of rotatable bonds is 30. The Kier molecular flexibility index (Phi) is 26.9. The highest BCUT2D eigenvalue weighted by Gasteiger charge is 2.32. The van der Waals surface area contributed by atoms with E-state index in [9.17, 15) is 24.0 Å². The molecule has 0 bridgehead atoms. The van der Waals surface area contributed by atoms with Crippen LogP contribution in [0.25, 0.3) is 0 Å². The van der Waals surface area contributed by atoms with E-state index in [1.54, 1.807) is 13.8 Å². The molecule has 294 valence electrons. The number of carbonyl (C=O) groups excluding carboxylic acids is 5. The number of hydrogen-bond donors (Lipinski definition) is 9. The van der Waals surface area contributed by atoms with Gasteiger partial charge in [0.1, 0.15) is 18.1 Å². The molecule has 0 aromatic carbocycles. The van der Waals surface area contributed by atoms with E-state index in [-0.39, 0.29) is 68.4 Å². The number of aliphatic imine (C=N–C) groups is 2. The van der Waals surface area contributed by atoms with Gasteiger partial charge in [-0.15, -0.1) is 11.6 Å². The maximum absolute atomic E-state index is 13.7. The monoisotopic (exact) mass is 743 g/mol. The molecule has 16 nitrogen and oxygen atoms in total. The summed E-state index contributed by atoms with van der Waals surface area (Å²) in [6, 6.07) is -3.91. The van der Waals surface area contributed by atoms with Gasteiger partial charge in [-0.2, -0.15) is 0 Å². The van der Waals surface area contributed by atoms with E-state index < -0.39 is 47.7 Å². The van der Waals surface area contributed by atoms with Gasteiger partial charge in [0.15, 0.2) is 17.7 Å². The first-order valence-corrected chi connectivity index (χ1v) is 18.9. The molecule has 0 aliphatic carbocycles. The minimum atomic E-state index is -1.04. The van der Waals surface area contributed by atoms with Crippen molar-refractivity contribution in [2.24, 2.45) is 44.6 Å². The smallest absolute Gasteiger partial charge is 0.243 e. The van der Waals surface area contributed by atoms with E-state index in [4.69, 9.17) is 40.3 Å². The van der Waals surface area contributed by atoms with Gasteiger partial charge in [-0.3, -0.25) is 34.0 Å². The molecule has 0 rings (SSSR count). The molecule has 0 aromatic rings. The molecule has 4 unspecified atom stereocenters. The molecule has 4 atom stereocenters. The zero-order valence-electron chi connectivity index (χ0n) is 31.0. The van der Waals surface area contributed by atoms with Crippen LogP contribution in [0.2, 0.25) is 0 Å². The van der Waals surface area contributed by atoms with Gasteiger partial charge in [0.25, 0.3) is 0 Å².